The number of rotatable bonds is 6. The Hall–Kier alpha value is -0.510. The largest absolute Gasteiger partial charge is 0.307 e. The first-order chi connectivity index (χ1) is 9.76. The summed E-state index contributed by atoms with van der Waals surface area (Å²) in [6.45, 7) is 9.19. The molecule has 0 spiro atoms. The van der Waals surface area contributed by atoms with Crippen LogP contribution in [0.15, 0.2) is 30.3 Å². The molecule has 2 nitrogen and oxygen atoms in total. The number of nitrogens with zero attached hydrogens (tertiary/aromatic N) is 1. The van der Waals surface area contributed by atoms with E-state index < -0.39 is 0 Å². The Morgan fingerprint density at radius 2 is 2.05 bits per heavy atom. The monoisotopic (exact) mass is 292 g/mol. The number of hydrogen-bond acceptors (Lipinski definition) is 3. The Morgan fingerprint density at radius 1 is 1.30 bits per heavy atom. The van der Waals surface area contributed by atoms with Gasteiger partial charge in [-0.1, -0.05) is 44.2 Å². The van der Waals surface area contributed by atoms with E-state index in [4.69, 9.17) is 0 Å². The maximum atomic E-state index is 3.73. The quantitative estimate of drug-likeness (QED) is 0.863. The van der Waals surface area contributed by atoms with Crippen LogP contribution >= 0.6 is 11.8 Å². The molecule has 1 aromatic rings. The number of hydrogen-bond donors (Lipinski definition) is 1. The Balaban J connectivity index is 2.03. The fourth-order valence-electron chi connectivity index (χ4n) is 3.03. The van der Waals surface area contributed by atoms with Gasteiger partial charge in [0.25, 0.3) is 0 Å². The molecule has 112 valence electrons. The summed E-state index contributed by atoms with van der Waals surface area (Å²) in [6.07, 6.45) is 1.23. The van der Waals surface area contributed by atoms with Gasteiger partial charge in [-0.3, -0.25) is 4.90 Å². The number of piperazine rings is 1. The van der Waals surface area contributed by atoms with E-state index >= 15 is 0 Å². The van der Waals surface area contributed by atoms with Crippen molar-refractivity contribution in [1.82, 2.24) is 10.2 Å². The zero-order valence-electron chi connectivity index (χ0n) is 13.0. The van der Waals surface area contributed by atoms with Gasteiger partial charge in [-0.25, -0.2) is 0 Å². The molecule has 0 amide bonds. The van der Waals surface area contributed by atoms with Crippen molar-refractivity contribution in [3.63, 3.8) is 0 Å². The average Bonchev–Trinajstić information content (AvgIpc) is 2.52. The Bertz CT molecular complexity index is 382. The van der Waals surface area contributed by atoms with Crippen LogP contribution in [0, 0.1) is 0 Å². The molecular weight excluding hydrogens is 264 g/mol. The number of benzene rings is 1. The van der Waals surface area contributed by atoms with Crippen LogP contribution in [-0.2, 0) is 0 Å². The highest BCUT2D eigenvalue weighted by Gasteiger charge is 2.30. The van der Waals surface area contributed by atoms with Gasteiger partial charge < -0.3 is 5.32 Å². The third-order valence-corrected chi connectivity index (χ3v) is 5.39. The van der Waals surface area contributed by atoms with E-state index in [1.165, 1.54) is 23.5 Å². The normalized spacial score (nSPS) is 25.6. The van der Waals surface area contributed by atoms with Crippen molar-refractivity contribution in [2.45, 2.75) is 45.3 Å². The molecule has 1 heterocycles. The summed E-state index contributed by atoms with van der Waals surface area (Å²) in [4.78, 5) is 2.72. The summed E-state index contributed by atoms with van der Waals surface area (Å²) >= 11 is 2.06. The van der Waals surface area contributed by atoms with Crippen molar-refractivity contribution >= 4 is 11.8 Å². The Morgan fingerprint density at radius 3 is 2.70 bits per heavy atom. The lowest BCUT2D eigenvalue weighted by molar-refractivity contribution is 0.0960. The van der Waals surface area contributed by atoms with Crippen molar-refractivity contribution in [2.24, 2.45) is 0 Å². The molecule has 0 aliphatic carbocycles. The van der Waals surface area contributed by atoms with E-state index in [9.17, 15) is 0 Å². The SMILES string of the molecule is CCSCC(C)N1CC(c2ccccc2)NCC1CC. The van der Waals surface area contributed by atoms with Crippen LogP contribution < -0.4 is 5.32 Å². The lowest BCUT2D eigenvalue weighted by Gasteiger charge is -2.43. The summed E-state index contributed by atoms with van der Waals surface area (Å²) in [5.74, 6) is 2.46. The van der Waals surface area contributed by atoms with E-state index in [1.807, 2.05) is 0 Å². The second-order valence-electron chi connectivity index (χ2n) is 5.64. The predicted octanol–water partition coefficient (Wildman–Crippen LogP) is 3.55. The van der Waals surface area contributed by atoms with E-state index in [0.29, 0.717) is 18.1 Å². The number of thioether (sulfide) groups is 1. The predicted molar refractivity (Wildman–Crippen MR) is 90.4 cm³/mol. The number of nitrogens with one attached hydrogen (secondary N) is 1. The van der Waals surface area contributed by atoms with Crippen LogP contribution in [0.25, 0.3) is 0 Å². The Kier molecular flexibility index (Phi) is 6.40. The van der Waals surface area contributed by atoms with Gasteiger partial charge >= 0.3 is 0 Å². The van der Waals surface area contributed by atoms with Crippen LogP contribution in [0.1, 0.15) is 38.8 Å². The molecule has 1 aliphatic heterocycles. The summed E-state index contributed by atoms with van der Waals surface area (Å²) < 4.78 is 0. The van der Waals surface area contributed by atoms with Crippen LogP contribution in [-0.4, -0.2) is 41.6 Å². The molecule has 0 radical (unpaired) electrons. The molecule has 1 aromatic carbocycles. The topological polar surface area (TPSA) is 15.3 Å². The van der Waals surface area contributed by atoms with Gasteiger partial charge in [0.15, 0.2) is 0 Å². The highest BCUT2D eigenvalue weighted by Crippen LogP contribution is 2.24. The molecule has 3 heteroatoms. The van der Waals surface area contributed by atoms with Gasteiger partial charge in [0.05, 0.1) is 0 Å². The molecule has 0 bridgehead atoms. The summed E-state index contributed by atoms with van der Waals surface area (Å²) in [5.41, 5.74) is 1.42. The fraction of sp³-hybridized carbons (Fsp3) is 0.647. The summed E-state index contributed by atoms with van der Waals surface area (Å²) in [6, 6.07) is 12.7. The van der Waals surface area contributed by atoms with Crippen LogP contribution in [0.3, 0.4) is 0 Å². The summed E-state index contributed by atoms with van der Waals surface area (Å²) in [7, 11) is 0. The zero-order chi connectivity index (χ0) is 14.4. The third-order valence-electron chi connectivity index (χ3n) is 4.26. The lowest BCUT2D eigenvalue weighted by atomic mass is 9.99. The standard InChI is InChI=1S/C17H28N2S/c1-4-16-11-18-17(15-9-7-6-8-10-15)12-19(16)14(3)13-20-5-2/h6-10,14,16-18H,4-5,11-13H2,1-3H3. The minimum Gasteiger partial charge on any atom is -0.307 e. The molecule has 3 unspecified atom stereocenters. The van der Waals surface area contributed by atoms with E-state index in [-0.39, 0.29) is 0 Å². The second kappa shape index (κ2) is 8.06. The van der Waals surface area contributed by atoms with E-state index in [0.717, 1.165) is 13.1 Å². The molecule has 1 aliphatic rings. The smallest absolute Gasteiger partial charge is 0.0450 e. The molecule has 1 saturated heterocycles. The third kappa shape index (κ3) is 4.00. The Labute approximate surface area is 128 Å². The molecule has 3 atom stereocenters. The van der Waals surface area contributed by atoms with Crippen molar-refractivity contribution < 1.29 is 0 Å². The second-order valence-corrected chi connectivity index (χ2v) is 6.96. The van der Waals surface area contributed by atoms with Gasteiger partial charge in [0.1, 0.15) is 0 Å². The maximum Gasteiger partial charge on any atom is 0.0450 e. The van der Waals surface area contributed by atoms with Crippen LogP contribution in [0.4, 0.5) is 0 Å². The maximum absolute atomic E-state index is 3.73. The minimum atomic E-state index is 0.480. The van der Waals surface area contributed by atoms with Gasteiger partial charge in [-0.2, -0.15) is 11.8 Å². The van der Waals surface area contributed by atoms with Crippen molar-refractivity contribution in [2.75, 3.05) is 24.6 Å². The van der Waals surface area contributed by atoms with Gasteiger partial charge in [0.2, 0.25) is 0 Å². The van der Waals surface area contributed by atoms with Gasteiger partial charge in [0, 0.05) is 37.0 Å². The molecule has 20 heavy (non-hydrogen) atoms. The van der Waals surface area contributed by atoms with Crippen molar-refractivity contribution in [3.8, 4) is 0 Å². The van der Waals surface area contributed by atoms with Crippen LogP contribution in [0.5, 0.6) is 0 Å². The molecule has 0 aromatic heterocycles. The average molecular weight is 292 g/mol. The van der Waals surface area contributed by atoms with Crippen molar-refractivity contribution in [3.05, 3.63) is 35.9 Å². The molecule has 0 saturated carbocycles. The fourth-order valence-corrected chi connectivity index (χ4v) is 3.80. The first-order valence-corrected chi connectivity index (χ1v) is 9.03. The highest BCUT2D eigenvalue weighted by atomic mass is 32.2. The zero-order valence-corrected chi connectivity index (χ0v) is 13.8. The van der Waals surface area contributed by atoms with Gasteiger partial charge in [-0.15, -0.1) is 0 Å². The minimum absolute atomic E-state index is 0.480. The van der Waals surface area contributed by atoms with E-state index in [1.54, 1.807) is 0 Å². The first kappa shape index (κ1) is 15.9. The lowest BCUT2D eigenvalue weighted by Crippen LogP contribution is -2.56. The molecule has 2 rings (SSSR count). The molecule has 1 N–H and O–H groups in total. The first-order valence-electron chi connectivity index (χ1n) is 7.88. The van der Waals surface area contributed by atoms with Crippen LogP contribution in [0.2, 0.25) is 0 Å². The van der Waals surface area contributed by atoms with Gasteiger partial charge in [-0.05, 0) is 24.7 Å². The van der Waals surface area contributed by atoms with E-state index in [2.05, 4.69) is 73.1 Å². The summed E-state index contributed by atoms with van der Waals surface area (Å²) in [5, 5.41) is 3.73. The van der Waals surface area contributed by atoms with Crippen molar-refractivity contribution in [1.29, 1.82) is 0 Å². The highest BCUT2D eigenvalue weighted by molar-refractivity contribution is 7.99. The molecular formula is C17H28N2S. The molecule has 1 fully saturated rings.